The van der Waals surface area contributed by atoms with Gasteiger partial charge in [-0.1, -0.05) is 19.9 Å². The van der Waals surface area contributed by atoms with Crippen molar-refractivity contribution in [1.82, 2.24) is 20.0 Å². The van der Waals surface area contributed by atoms with E-state index in [4.69, 9.17) is 4.74 Å². The highest BCUT2D eigenvalue weighted by Crippen LogP contribution is 2.53. The number of carbonyl (C=O) groups is 3. The number of carboxylic acid groups (broad SMARTS) is 1. The zero-order valence-corrected chi connectivity index (χ0v) is 23.1. The molecule has 9 nitrogen and oxygen atoms in total. The highest BCUT2D eigenvalue weighted by molar-refractivity contribution is 5.96. The van der Waals surface area contributed by atoms with Gasteiger partial charge in [0.2, 0.25) is 11.8 Å². The molecule has 0 unspecified atom stereocenters. The van der Waals surface area contributed by atoms with Gasteiger partial charge in [-0.2, -0.15) is 5.10 Å². The summed E-state index contributed by atoms with van der Waals surface area (Å²) in [5, 5.41) is 17.3. The molecule has 5 fully saturated rings. The fourth-order valence-corrected chi connectivity index (χ4v) is 7.36. The van der Waals surface area contributed by atoms with Gasteiger partial charge in [0, 0.05) is 18.8 Å². The average molecular weight is 527 g/mol. The number of rotatable bonds is 9. The molecule has 1 aromatic heterocycles. The zero-order chi connectivity index (χ0) is 27.2. The first kappa shape index (κ1) is 26.8. The first-order valence-electron chi connectivity index (χ1n) is 14.3. The Bertz CT molecular complexity index is 1080. The first-order chi connectivity index (χ1) is 18.0. The van der Waals surface area contributed by atoms with E-state index >= 15 is 0 Å². The average Bonchev–Trinajstić information content (AvgIpc) is 3.50. The van der Waals surface area contributed by atoms with Crippen LogP contribution in [0.25, 0.3) is 6.20 Å². The van der Waals surface area contributed by atoms with Gasteiger partial charge in [0.05, 0.1) is 18.2 Å². The van der Waals surface area contributed by atoms with Gasteiger partial charge in [-0.25, -0.2) is 9.48 Å². The summed E-state index contributed by atoms with van der Waals surface area (Å²) in [7, 11) is 0. The third-order valence-corrected chi connectivity index (χ3v) is 9.05. The number of nitrogens with one attached hydrogen (secondary N) is 1. The standard InChI is InChI=1S/C29H42N4O5/c1-17(2)16-38-26-22(25(34)31-24-20-11-18-10-19(13-20)14-21(24)12-18)15-30-33(26)9-7-29(3,4)28(37)32-8-5-6-23(32)27(35)36/h7,9,15,17-21,23-24H,5-6,8,10-14,16H2,1-4H3,(H,31,34)(H,35,36)/b9-7+/t18?,19?,20?,21?,23-,24?/m1/s1. The molecule has 208 valence electrons. The summed E-state index contributed by atoms with van der Waals surface area (Å²) < 4.78 is 7.60. The Morgan fingerprint density at radius 3 is 2.42 bits per heavy atom. The minimum absolute atomic E-state index is 0.155. The highest BCUT2D eigenvalue weighted by Gasteiger charge is 2.49. The summed E-state index contributed by atoms with van der Waals surface area (Å²) in [5.41, 5.74) is -0.555. The summed E-state index contributed by atoms with van der Waals surface area (Å²) in [6.45, 7) is 8.48. The molecule has 6 rings (SSSR count). The van der Waals surface area contributed by atoms with E-state index in [1.165, 1.54) is 41.7 Å². The summed E-state index contributed by atoms with van der Waals surface area (Å²) in [4.78, 5) is 39.8. The number of hydrogen-bond acceptors (Lipinski definition) is 5. The maximum Gasteiger partial charge on any atom is 0.326 e. The van der Waals surface area contributed by atoms with Crippen molar-refractivity contribution < 1.29 is 24.2 Å². The number of hydrogen-bond donors (Lipinski definition) is 2. The second kappa shape index (κ2) is 10.4. The molecule has 1 saturated heterocycles. The van der Waals surface area contributed by atoms with E-state index in [2.05, 4.69) is 10.4 Å². The number of amides is 2. The summed E-state index contributed by atoms with van der Waals surface area (Å²) in [5.74, 6) is 2.05. The van der Waals surface area contributed by atoms with Gasteiger partial charge in [-0.15, -0.1) is 0 Å². The van der Waals surface area contributed by atoms with E-state index in [1.807, 2.05) is 13.8 Å². The van der Waals surface area contributed by atoms with Crippen molar-refractivity contribution in [3.63, 3.8) is 0 Å². The number of nitrogens with zero attached hydrogens (tertiary/aromatic N) is 3. The minimum Gasteiger partial charge on any atom is -0.480 e. The summed E-state index contributed by atoms with van der Waals surface area (Å²) in [6, 6.07) is -0.573. The van der Waals surface area contributed by atoms with E-state index < -0.39 is 17.4 Å². The van der Waals surface area contributed by atoms with Crippen LogP contribution in [-0.2, 0) is 9.59 Å². The predicted octanol–water partition coefficient (Wildman–Crippen LogP) is 4.04. The highest BCUT2D eigenvalue weighted by atomic mass is 16.5. The number of ether oxygens (including phenoxy) is 1. The van der Waals surface area contributed by atoms with Crippen molar-refractivity contribution in [2.45, 2.75) is 84.7 Å². The van der Waals surface area contributed by atoms with Gasteiger partial charge < -0.3 is 20.1 Å². The molecular weight excluding hydrogens is 484 g/mol. The number of aromatic nitrogens is 2. The van der Waals surface area contributed by atoms with Crippen LogP contribution < -0.4 is 10.1 Å². The number of carbonyl (C=O) groups excluding carboxylic acids is 2. The molecule has 1 aromatic rings. The second-order valence-electron chi connectivity index (χ2n) is 13.0. The molecule has 38 heavy (non-hydrogen) atoms. The van der Waals surface area contributed by atoms with Gasteiger partial charge in [-0.3, -0.25) is 9.59 Å². The van der Waals surface area contributed by atoms with Gasteiger partial charge in [0.25, 0.3) is 5.91 Å². The Balaban J connectivity index is 1.33. The molecule has 1 aliphatic heterocycles. The lowest BCUT2D eigenvalue weighted by Crippen LogP contribution is -2.55. The molecule has 2 N–H and O–H groups in total. The quantitative estimate of drug-likeness (QED) is 0.502. The third kappa shape index (κ3) is 5.21. The van der Waals surface area contributed by atoms with Gasteiger partial charge in [0.1, 0.15) is 11.6 Å². The van der Waals surface area contributed by atoms with E-state index in [9.17, 15) is 19.5 Å². The minimum atomic E-state index is -0.970. The van der Waals surface area contributed by atoms with Gasteiger partial charge >= 0.3 is 5.97 Å². The Labute approximate surface area is 225 Å². The molecule has 4 bridgehead atoms. The summed E-state index contributed by atoms with van der Waals surface area (Å²) in [6.07, 6.45) is 12.3. The monoisotopic (exact) mass is 526 g/mol. The molecule has 4 aliphatic carbocycles. The van der Waals surface area contributed by atoms with Crippen LogP contribution in [0, 0.1) is 35.0 Å². The van der Waals surface area contributed by atoms with Crippen molar-refractivity contribution in [3.8, 4) is 5.88 Å². The molecule has 4 saturated carbocycles. The van der Waals surface area contributed by atoms with Crippen LogP contribution in [0.1, 0.15) is 83.0 Å². The van der Waals surface area contributed by atoms with Crippen LogP contribution in [0.5, 0.6) is 5.88 Å². The predicted molar refractivity (Wildman–Crippen MR) is 142 cm³/mol. The molecular formula is C29H42N4O5. The van der Waals surface area contributed by atoms with Crippen LogP contribution in [0.15, 0.2) is 12.3 Å². The van der Waals surface area contributed by atoms with Gasteiger partial charge in [0.15, 0.2) is 0 Å². The Morgan fingerprint density at radius 1 is 1.16 bits per heavy atom. The Kier molecular flexibility index (Phi) is 7.31. The van der Waals surface area contributed by atoms with Crippen molar-refractivity contribution in [3.05, 3.63) is 17.8 Å². The van der Waals surface area contributed by atoms with Gasteiger partial charge in [-0.05, 0) is 88.4 Å². The van der Waals surface area contributed by atoms with Crippen LogP contribution in [-0.4, -0.2) is 62.8 Å². The maximum atomic E-state index is 13.5. The van der Waals surface area contributed by atoms with Crippen LogP contribution >= 0.6 is 0 Å². The number of likely N-dealkylation sites (tertiary alicyclic amines) is 1. The first-order valence-corrected chi connectivity index (χ1v) is 14.3. The largest absolute Gasteiger partial charge is 0.480 e. The number of carboxylic acids is 1. The normalized spacial score (nSPS) is 30.4. The van der Waals surface area contributed by atoms with Crippen LogP contribution in [0.4, 0.5) is 0 Å². The topological polar surface area (TPSA) is 114 Å². The third-order valence-electron chi connectivity index (χ3n) is 9.05. The summed E-state index contributed by atoms with van der Waals surface area (Å²) >= 11 is 0. The second-order valence-corrected chi connectivity index (χ2v) is 13.0. The SMILES string of the molecule is CC(C)COc1c(C(=O)NC2C3CC4CC(C3)CC2C4)cnn1/C=C/C(C)(C)C(=O)N1CCC[C@@H]1C(=O)O. The number of aliphatic carboxylic acids is 1. The molecule has 5 aliphatic rings. The fourth-order valence-electron chi connectivity index (χ4n) is 7.36. The lowest BCUT2D eigenvalue weighted by Gasteiger charge is -2.54. The lowest BCUT2D eigenvalue weighted by molar-refractivity contribution is -0.151. The molecule has 1 atom stereocenters. The molecule has 0 radical (unpaired) electrons. The van der Waals surface area contributed by atoms with Crippen molar-refractivity contribution in [1.29, 1.82) is 0 Å². The lowest BCUT2D eigenvalue weighted by atomic mass is 9.54. The van der Waals surface area contributed by atoms with Crippen LogP contribution in [0.2, 0.25) is 0 Å². The van der Waals surface area contributed by atoms with Crippen molar-refractivity contribution in [2.75, 3.05) is 13.2 Å². The van der Waals surface area contributed by atoms with Crippen molar-refractivity contribution in [2.24, 2.45) is 35.0 Å². The molecule has 9 heteroatoms. The maximum absolute atomic E-state index is 13.5. The molecule has 0 aromatic carbocycles. The van der Waals surface area contributed by atoms with E-state index in [-0.39, 0.29) is 23.8 Å². The van der Waals surface area contributed by atoms with E-state index in [0.717, 1.165) is 11.8 Å². The smallest absolute Gasteiger partial charge is 0.326 e. The zero-order valence-electron chi connectivity index (χ0n) is 23.1. The molecule has 2 heterocycles. The Morgan fingerprint density at radius 2 is 1.82 bits per heavy atom. The van der Waals surface area contributed by atoms with E-state index in [1.54, 1.807) is 32.3 Å². The van der Waals surface area contributed by atoms with Crippen molar-refractivity contribution >= 4 is 24.0 Å². The molecule has 0 spiro atoms. The van der Waals surface area contributed by atoms with Crippen LogP contribution in [0.3, 0.4) is 0 Å². The molecule has 2 amide bonds. The fraction of sp³-hybridized carbons (Fsp3) is 0.724. The van der Waals surface area contributed by atoms with E-state index in [0.29, 0.717) is 49.3 Å². The Hall–Kier alpha value is -2.84.